The molecule has 26 heavy (non-hydrogen) atoms. The molecule has 1 aliphatic heterocycles. The summed E-state index contributed by atoms with van der Waals surface area (Å²) in [5.41, 5.74) is 1.79. The molecule has 2 nitrogen and oxygen atoms in total. The Morgan fingerprint density at radius 2 is 1.42 bits per heavy atom. The van der Waals surface area contributed by atoms with E-state index in [0.717, 1.165) is 25.6 Å². The summed E-state index contributed by atoms with van der Waals surface area (Å²) in [6, 6.07) is 26.3. The SMILES string of the molecule is ClC1NC(c2ccccc2Br)C(c2ccccc2)(c2ccccc2Br)O1. The number of alkyl halides is 1. The Kier molecular flexibility index (Phi) is 5.22. The van der Waals surface area contributed by atoms with Crippen LogP contribution in [0.3, 0.4) is 0 Å². The maximum Gasteiger partial charge on any atom is 0.187 e. The smallest absolute Gasteiger partial charge is 0.187 e. The molecule has 4 rings (SSSR count). The molecule has 3 unspecified atom stereocenters. The number of hydrogen-bond acceptors (Lipinski definition) is 2. The van der Waals surface area contributed by atoms with Gasteiger partial charge in [-0.1, -0.05) is 110 Å². The Hall–Kier alpha value is -1.17. The van der Waals surface area contributed by atoms with Crippen molar-refractivity contribution in [3.63, 3.8) is 0 Å². The molecule has 0 saturated carbocycles. The highest BCUT2D eigenvalue weighted by Crippen LogP contribution is 2.52. The third kappa shape index (κ3) is 3.04. The molecule has 1 aliphatic rings. The molecule has 0 spiro atoms. The number of nitrogens with one attached hydrogen (secondary N) is 1. The maximum atomic E-state index is 6.48. The van der Waals surface area contributed by atoms with Gasteiger partial charge in [0.25, 0.3) is 0 Å². The van der Waals surface area contributed by atoms with E-state index in [9.17, 15) is 0 Å². The van der Waals surface area contributed by atoms with Gasteiger partial charge < -0.3 is 4.74 Å². The van der Waals surface area contributed by atoms with E-state index in [2.05, 4.69) is 61.4 Å². The zero-order valence-electron chi connectivity index (χ0n) is 13.7. The molecule has 132 valence electrons. The standard InChI is InChI=1S/C21H16Br2ClNO/c22-17-12-6-4-10-15(17)19-21(26-20(24)25-19,14-8-2-1-3-9-14)16-11-5-7-13-18(16)23/h1-13,19-20,25H. The lowest BCUT2D eigenvalue weighted by molar-refractivity contribution is 0.00794. The molecule has 1 N–H and O–H groups in total. The zero-order valence-corrected chi connectivity index (χ0v) is 17.6. The Morgan fingerprint density at radius 1 is 0.808 bits per heavy atom. The summed E-state index contributed by atoms with van der Waals surface area (Å²) in [5, 5.41) is 3.42. The number of rotatable bonds is 3. The van der Waals surface area contributed by atoms with E-state index in [4.69, 9.17) is 16.3 Å². The molecule has 1 saturated heterocycles. The van der Waals surface area contributed by atoms with E-state index in [1.54, 1.807) is 0 Å². The van der Waals surface area contributed by atoms with E-state index in [1.165, 1.54) is 0 Å². The van der Waals surface area contributed by atoms with Crippen LogP contribution in [0.2, 0.25) is 0 Å². The van der Waals surface area contributed by atoms with Crippen molar-refractivity contribution in [1.82, 2.24) is 5.32 Å². The van der Waals surface area contributed by atoms with Gasteiger partial charge in [-0.15, -0.1) is 0 Å². The third-order valence-electron chi connectivity index (χ3n) is 4.69. The van der Waals surface area contributed by atoms with Crippen LogP contribution in [0.4, 0.5) is 0 Å². The van der Waals surface area contributed by atoms with Crippen LogP contribution in [0.5, 0.6) is 0 Å². The molecule has 3 atom stereocenters. The van der Waals surface area contributed by atoms with Gasteiger partial charge in [0, 0.05) is 14.5 Å². The number of ether oxygens (including phenoxy) is 1. The van der Waals surface area contributed by atoms with Gasteiger partial charge in [-0.05, 0) is 23.3 Å². The van der Waals surface area contributed by atoms with E-state index < -0.39 is 11.3 Å². The third-order valence-corrected chi connectivity index (χ3v) is 6.32. The second-order valence-electron chi connectivity index (χ2n) is 6.14. The van der Waals surface area contributed by atoms with Gasteiger partial charge in [-0.25, -0.2) is 0 Å². The van der Waals surface area contributed by atoms with Crippen molar-refractivity contribution in [2.75, 3.05) is 0 Å². The van der Waals surface area contributed by atoms with Crippen LogP contribution in [-0.4, -0.2) is 5.69 Å². The van der Waals surface area contributed by atoms with Gasteiger partial charge in [0.1, 0.15) is 5.60 Å². The average molecular weight is 494 g/mol. The summed E-state index contributed by atoms with van der Waals surface area (Å²) in [5.74, 6) is 0. The number of halogens is 3. The summed E-state index contributed by atoms with van der Waals surface area (Å²) in [6.45, 7) is 0. The fourth-order valence-corrected chi connectivity index (χ4v) is 4.95. The molecule has 1 heterocycles. The van der Waals surface area contributed by atoms with Crippen LogP contribution >= 0.6 is 43.5 Å². The molecule has 3 aromatic carbocycles. The van der Waals surface area contributed by atoms with Gasteiger partial charge in [0.05, 0.1) is 6.04 Å². The van der Waals surface area contributed by atoms with E-state index in [-0.39, 0.29) is 6.04 Å². The van der Waals surface area contributed by atoms with Crippen LogP contribution in [0.25, 0.3) is 0 Å². The summed E-state index contributed by atoms with van der Waals surface area (Å²) in [6.07, 6.45) is 0. The Bertz CT molecular complexity index is 921. The topological polar surface area (TPSA) is 21.3 Å². The van der Waals surface area contributed by atoms with Crippen LogP contribution in [0, 0.1) is 0 Å². The predicted octanol–water partition coefficient (Wildman–Crippen LogP) is 6.34. The molecule has 0 aromatic heterocycles. The first kappa shape index (κ1) is 18.2. The Balaban J connectivity index is 2.01. The predicted molar refractivity (Wildman–Crippen MR) is 112 cm³/mol. The van der Waals surface area contributed by atoms with Crippen LogP contribution in [0.15, 0.2) is 87.8 Å². The maximum absolute atomic E-state index is 6.48. The summed E-state index contributed by atoms with van der Waals surface area (Å²) < 4.78 is 8.42. The minimum Gasteiger partial charge on any atom is -0.331 e. The first-order chi connectivity index (χ1) is 12.6. The van der Waals surface area contributed by atoms with Crippen LogP contribution in [0.1, 0.15) is 22.7 Å². The molecular formula is C21H16Br2ClNO. The molecule has 0 radical (unpaired) electrons. The lowest BCUT2D eigenvalue weighted by Gasteiger charge is -2.36. The highest BCUT2D eigenvalue weighted by Gasteiger charge is 2.52. The van der Waals surface area contributed by atoms with E-state index in [1.807, 2.05) is 54.6 Å². The molecule has 0 bridgehead atoms. The highest BCUT2D eigenvalue weighted by molar-refractivity contribution is 9.10. The zero-order chi connectivity index (χ0) is 18.1. The Morgan fingerprint density at radius 3 is 2.12 bits per heavy atom. The fraction of sp³-hybridized carbons (Fsp3) is 0.143. The largest absolute Gasteiger partial charge is 0.331 e. The van der Waals surface area contributed by atoms with E-state index in [0.29, 0.717) is 0 Å². The monoisotopic (exact) mass is 491 g/mol. The first-order valence-electron chi connectivity index (χ1n) is 8.26. The summed E-state index contributed by atoms with van der Waals surface area (Å²) in [4.78, 5) is 0. The van der Waals surface area contributed by atoms with Gasteiger partial charge in [0.15, 0.2) is 5.69 Å². The van der Waals surface area contributed by atoms with E-state index >= 15 is 0 Å². The minimum atomic E-state index is -0.766. The van der Waals surface area contributed by atoms with Crippen molar-refractivity contribution in [3.05, 3.63) is 104 Å². The molecule has 1 fully saturated rings. The van der Waals surface area contributed by atoms with Gasteiger partial charge >= 0.3 is 0 Å². The van der Waals surface area contributed by atoms with Crippen molar-refractivity contribution < 1.29 is 4.74 Å². The molecule has 3 aromatic rings. The number of benzene rings is 3. The quantitative estimate of drug-likeness (QED) is 0.340. The molecular weight excluding hydrogens is 477 g/mol. The molecule has 5 heteroatoms. The lowest BCUT2D eigenvalue weighted by atomic mass is 9.78. The van der Waals surface area contributed by atoms with Crippen molar-refractivity contribution in [2.45, 2.75) is 17.3 Å². The second-order valence-corrected chi connectivity index (χ2v) is 8.24. The second kappa shape index (κ2) is 7.45. The van der Waals surface area contributed by atoms with Crippen molar-refractivity contribution in [1.29, 1.82) is 0 Å². The number of hydrogen-bond donors (Lipinski definition) is 1. The van der Waals surface area contributed by atoms with Crippen molar-refractivity contribution in [3.8, 4) is 0 Å². The summed E-state index contributed by atoms with van der Waals surface area (Å²) >= 11 is 13.9. The van der Waals surface area contributed by atoms with Crippen LogP contribution in [-0.2, 0) is 10.3 Å². The first-order valence-corrected chi connectivity index (χ1v) is 10.3. The fourth-order valence-electron chi connectivity index (χ4n) is 3.59. The van der Waals surface area contributed by atoms with Crippen LogP contribution < -0.4 is 5.32 Å². The molecule has 0 aliphatic carbocycles. The highest BCUT2D eigenvalue weighted by atomic mass is 79.9. The average Bonchev–Trinajstić information content (AvgIpc) is 3.01. The molecule has 0 amide bonds. The normalized spacial score (nSPS) is 25.3. The van der Waals surface area contributed by atoms with Gasteiger partial charge in [-0.3, -0.25) is 5.32 Å². The lowest BCUT2D eigenvalue weighted by Crippen LogP contribution is -2.36. The van der Waals surface area contributed by atoms with Crippen molar-refractivity contribution in [2.24, 2.45) is 0 Å². The van der Waals surface area contributed by atoms with Crippen molar-refractivity contribution >= 4 is 43.5 Å². The minimum absolute atomic E-state index is 0.165. The Labute approximate surface area is 174 Å². The van der Waals surface area contributed by atoms with Gasteiger partial charge in [0.2, 0.25) is 0 Å². The van der Waals surface area contributed by atoms with Gasteiger partial charge in [-0.2, -0.15) is 0 Å². The summed E-state index contributed by atoms with van der Waals surface area (Å²) in [7, 11) is 0.